The molecule has 0 aromatic carbocycles. The second kappa shape index (κ2) is 6.33. The number of aliphatic carboxylic acids is 1. The Hall–Kier alpha value is -2.65. The topological polar surface area (TPSA) is 160 Å². The van der Waals surface area contributed by atoms with Crippen LogP contribution in [0.1, 0.15) is 23.5 Å². The molecule has 1 aromatic heterocycles. The summed E-state index contributed by atoms with van der Waals surface area (Å²) in [5.41, 5.74) is 5.21. The number of aromatic nitrogens is 3. The monoisotopic (exact) mass is 271 g/mol. The predicted molar refractivity (Wildman–Crippen MR) is 60.9 cm³/mol. The van der Waals surface area contributed by atoms with Crippen molar-refractivity contribution >= 4 is 23.8 Å². The van der Waals surface area contributed by atoms with Crippen molar-refractivity contribution in [1.29, 1.82) is 0 Å². The van der Waals surface area contributed by atoms with Crippen molar-refractivity contribution in [1.82, 2.24) is 20.5 Å². The van der Waals surface area contributed by atoms with Crippen molar-refractivity contribution < 1.29 is 24.2 Å². The first kappa shape index (κ1) is 14.4. The number of ether oxygens (including phenoxy) is 1. The molecular formula is C9H13N5O5. The highest BCUT2D eigenvalue weighted by atomic mass is 16.5. The highest BCUT2D eigenvalue weighted by Gasteiger charge is 2.23. The number of hydrogen-bond donors (Lipinski definition) is 4. The molecule has 1 aromatic rings. The van der Waals surface area contributed by atoms with Crippen LogP contribution in [0.5, 0.6) is 0 Å². The summed E-state index contributed by atoms with van der Waals surface area (Å²) in [6, 6.07) is -1.24. The molecule has 0 spiro atoms. The van der Waals surface area contributed by atoms with Gasteiger partial charge in [0.1, 0.15) is 6.04 Å². The van der Waals surface area contributed by atoms with Gasteiger partial charge in [-0.25, -0.2) is 4.79 Å². The van der Waals surface area contributed by atoms with Gasteiger partial charge >= 0.3 is 11.9 Å². The van der Waals surface area contributed by atoms with Gasteiger partial charge < -0.3 is 20.9 Å². The Bertz CT molecular complexity index is 485. The summed E-state index contributed by atoms with van der Waals surface area (Å²) in [5, 5.41) is 16.8. The van der Waals surface area contributed by atoms with E-state index < -0.39 is 23.9 Å². The van der Waals surface area contributed by atoms with Crippen molar-refractivity contribution in [3.63, 3.8) is 0 Å². The maximum Gasteiger partial charge on any atom is 0.326 e. The fourth-order valence-corrected chi connectivity index (χ4v) is 1.22. The summed E-state index contributed by atoms with van der Waals surface area (Å²) >= 11 is 0. The zero-order valence-electron chi connectivity index (χ0n) is 10.0. The van der Waals surface area contributed by atoms with Gasteiger partial charge in [-0.15, -0.1) is 5.10 Å². The van der Waals surface area contributed by atoms with Crippen LogP contribution in [0, 0.1) is 0 Å². The van der Waals surface area contributed by atoms with E-state index in [1.807, 2.05) is 0 Å². The molecule has 1 rings (SSSR count). The summed E-state index contributed by atoms with van der Waals surface area (Å²) in [4.78, 5) is 37.0. The fourth-order valence-electron chi connectivity index (χ4n) is 1.22. The van der Waals surface area contributed by atoms with Gasteiger partial charge in [0.2, 0.25) is 11.8 Å². The third kappa shape index (κ3) is 4.26. The number of aromatic amines is 1. The van der Waals surface area contributed by atoms with E-state index in [2.05, 4.69) is 25.2 Å². The Labute approximate surface area is 107 Å². The average molecular weight is 271 g/mol. The first-order chi connectivity index (χ1) is 8.93. The van der Waals surface area contributed by atoms with E-state index in [1.54, 1.807) is 0 Å². The van der Waals surface area contributed by atoms with Gasteiger partial charge in [-0.2, -0.15) is 4.98 Å². The van der Waals surface area contributed by atoms with Gasteiger partial charge in [0.15, 0.2) is 0 Å². The van der Waals surface area contributed by atoms with Gasteiger partial charge in [-0.05, 0) is 6.42 Å². The summed E-state index contributed by atoms with van der Waals surface area (Å²) in [6.07, 6.45) is -0.232. The van der Waals surface area contributed by atoms with Crippen LogP contribution in [0.2, 0.25) is 0 Å². The number of nitrogens with zero attached hydrogens (tertiary/aromatic N) is 2. The van der Waals surface area contributed by atoms with Crippen LogP contribution < -0.4 is 11.1 Å². The maximum atomic E-state index is 11.6. The number of nitrogens with two attached hydrogens (primary N) is 1. The molecule has 1 unspecified atom stereocenters. The molecule has 0 radical (unpaired) electrons. The number of carboxylic acid groups (broad SMARTS) is 1. The largest absolute Gasteiger partial charge is 0.480 e. The maximum absolute atomic E-state index is 11.6. The number of esters is 1. The van der Waals surface area contributed by atoms with Gasteiger partial charge in [-0.1, -0.05) is 0 Å². The Morgan fingerprint density at radius 1 is 1.53 bits per heavy atom. The lowest BCUT2D eigenvalue weighted by atomic mass is 10.1. The zero-order valence-corrected chi connectivity index (χ0v) is 10.0. The van der Waals surface area contributed by atoms with Crippen molar-refractivity contribution in [3.8, 4) is 0 Å². The zero-order chi connectivity index (χ0) is 14.4. The van der Waals surface area contributed by atoms with Crippen molar-refractivity contribution in [2.75, 3.05) is 12.8 Å². The molecule has 5 N–H and O–H groups in total. The Kier molecular flexibility index (Phi) is 4.80. The number of hydrogen-bond acceptors (Lipinski definition) is 7. The fraction of sp³-hybridized carbons (Fsp3) is 0.444. The molecule has 0 saturated heterocycles. The number of amides is 1. The third-order valence-corrected chi connectivity index (χ3v) is 2.19. The van der Waals surface area contributed by atoms with E-state index in [1.165, 1.54) is 7.11 Å². The molecule has 104 valence electrons. The molecule has 10 nitrogen and oxygen atoms in total. The Morgan fingerprint density at radius 3 is 2.68 bits per heavy atom. The van der Waals surface area contributed by atoms with E-state index in [-0.39, 0.29) is 24.6 Å². The van der Waals surface area contributed by atoms with Crippen LogP contribution >= 0.6 is 0 Å². The number of carbonyl (C=O) groups excluding carboxylic acids is 2. The number of carboxylic acids is 1. The van der Waals surface area contributed by atoms with Crippen LogP contribution in [0.3, 0.4) is 0 Å². The van der Waals surface area contributed by atoms with Crippen molar-refractivity contribution in [2.24, 2.45) is 0 Å². The van der Waals surface area contributed by atoms with Crippen LogP contribution in [0.4, 0.5) is 5.95 Å². The van der Waals surface area contributed by atoms with Crippen LogP contribution in [-0.4, -0.2) is 51.3 Å². The molecule has 1 heterocycles. The first-order valence-electron chi connectivity index (χ1n) is 5.22. The van der Waals surface area contributed by atoms with Crippen LogP contribution in [-0.2, 0) is 14.3 Å². The predicted octanol–water partition coefficient (Wildman–Crippen LogP) is -1.48. The number of anilines is 1. The minimum absolute atomic E-state index is 0.0998. The second-order valence-electron chi connectivity index (χ2n) is 3.52. The third-order valence-electron chi connectivity index (χ3n) is 2.19. The highest BCUT2D eigenvalue weighted by Crippen LogP contribution is 2.01. The summed E-state index contributed by atoms with van der Waals surface area (Å²) < 4.78 is 4.38. The van der Waals surface area contributed by atoms with E-state index in [0.29, 0.717) is 0 Å². The molecular weight excluding hydrogens is 258 g/mol. The smallest absolute Gasteiger partial charge is 0.326 e. The standard InChI is InChI=1S/C9H13N5O5/c1-19-5(15)3-2-4(8(17)18)11-7(16)6-12-9(10)14-13-6/h4H,2-3H2,1H3,(H,11,16)(H,17,18)(H3,10,12,13,14). The molecule has 0 aliphatic rings. The quantitative estimate of drug-likeness (QED) is 0.455. The normalized spacial score (nSPS) is 11.6. The number of H-pyrrole nitrogens is 1. The van der Waals surface area contributed by atoms with Gasteiger partial charge in [-0.3, -0.25) is 14.7 Å². The number of carbonyl (C=O) groups is 3. The van der Waals surface area contributed by atoms with Gasteiger partial charge in [0, 0.05) is 6.42 Å². The minimum Gasteiger partial charge on any atom is -0.480 e. The second-order valence-corrected chi connectivity index (χ2v) is 3.52. The molecule has 1 amide bonds. The Morgan fingerprint density at radius 2 is 2.21 bits per heavy atom. The van der Waals surface area contributed by atoms with E-state index >= 15 is 0 Å². The van der Waals surface area contributed by atoms with Crippen molar-refractivity contribution in [3.05, 3.63) is 5.82 Å². The van der Waals surface area contributed by atoms with Crippen molar-refractivity contribution in [2.45, 2.75) is 18.9 Å². The van der Waals surface area contributed by atoms with Crippen LogP contribution in [0.25, 0.3) is 0 Å². The van der Waals surface area contributed by atoms with Gasteiger partial charge in [0.05, 0.1) is 7.11 Å². The average Bonchev–Trinajstić information content (AvgIpc) is 2.80. The number of nitrogens with one attached hydrogen (secondary N) is 2. The van der Waals surface area contributed by atoms with E-state index in [9.17, 15) is 14.4 Å². The lowest BCUT2D eigenvalue weighted by molar-refractivity contribution is -0.142. The highest BCUT2D eigenvalue weighted by molar-refractivity contribution is 5.93. The Balaban J connectivity index is 2.61. The molecule has 0 saturated carbocycles. The molecule has 0 bridgehead atoms. The summed E-state index contributed by atoms with van der Waals surface area (Å²) in [7, 11) is 1.19. The molecule has 10 heteroatoms. The van der Waals surface area contributed by atoms with E-state index in [4.69, 9.17) is 10.8 Å². The summed E-state index contributed by atoms with van der Waals surface area (Å²) in [6.45, 7) is 0. The molecule has 0 aliphatic carbocycles. The number of nitrogen functional groups attached to an aromatic ring is 1. The van der Waals surface area contributed by atoms with E-state index in [0.717, 1.165) is 0 Å². The SMILES string of the molecule is COC(=O)CCC(NC(=O)c1nc(N)n[nH]1)C(=O)O. The molecule has 0 aliphatic heterocycles. The van der Waals surface area contributed by atoms with Crippen LogP contribution in [0.15, 0.2) is 0 Å². The number of methoxy groups -OCH3 is 1. The first-order valence-corrected chi connectivity index (χ1v) is 5.22. The van der Waals surface area contributed by atoms with Gasteiger partial charge in [0.25, 0.3) is 5.91 Å². The summed E-state index contributed by atoms with van der Waals surface area (Å²) in [5.74, 6) is -2.95. The lowest BCUT2D eigenvalue weighted by Gasteiger charge is -2.12. The number of rotatable bonds is 6. The molecule has 0 fully saturated rings. The molecule has 1 atom stereocenters. The molecule has 19 heavy (non-hydrogen) atoms. The lowest BCUT2D eigenvalue weighted by Crippen LogP contribution is -2.41. The minimum atomic E-state index is -1.27.